The number of carbonyl (C=O) groups is 1. The Morgan fingerprint density at radius 2 is 2.00 bits per heavy atom. The normalized spacial score (nSPS) is 18.3. The number of ketones is 1. The van der Waals surface area contributed by atoms with Gasteiger partial charge in [-0.3, -0.25) is 4.79 Å². The molecule has 0 saturated carbocycles. The van der Waals surface area contributed by atoms with Crippen molar-refractivity contribution in [3.63, 3.8) is 0 Å². The molecular weight excluding hydrogens is 136 g/mol. The first-order chi connectivity index (χ1) is 5.11. The largest absolute Gasteiger partial charge is 0.295 e. The third-order valence-corrected chi connectivity index (χ3v) is 2.29. The quantitative estimate of drug-likeness (QED) is 0.525. The maximum Gasteiger partial charge on any atom is 0.155 e. The lowest BCUT2D eigenvalue weighted by molar-refractivity contribution is -0.113. The van der Waals surface area contributed by atoms with Crippen molar-refractivity contribution in [2.75, 3.05) is 0 Å². The highest BCUT2D eigenvalue weighted by Gasteiger charge is 2.10. The summed E-state index contributed by atoms with van der Waals surface area (Å²) >= 11 is 0. The van der Waals surface area contributed by atoms with Crippen molar-refractivity contribution in [3.8, 4) is 0 Å². The Hall–Kier alpha value is -0.850. The van der Waals surface area contributed by atoms with Crippen molar-refractivity contribution >= 4 is 5.78 Å². The van der Waals surface area contributed by atoms with Gasteiger partial charge in [-0.1, -0.05) is 17.2 Å². The number of hydrogen-bond donors (Lipinski definition) is 0. The minimum absolute atomic E-state index is 0.219. The number of Topliss-reactive ketones (excluding diaryl/α,β-unsaturated/α-hetero) is 1. The van der Waals surface area contributed by atoms with Gasteiger partial charge in [0.15, 0.2) is 5.78 Å². The van der Waals surface area contributed by atoms with E-state index in [-0.39, 0.29) is 5.78 Å². The molecule has 0 heterocycles. The summed E-state index contributed by atoms with van der Waals surface area (Å²) in [4.78, 5) is 11.0. The van der Waals surface area contributed by atoms with Gasteiger partial charge < -0.3 is 0 Å². The van der Waals surface area contributed by atoms with Gasteiger partial charge >= 0.3 is 0 Å². The van der Waals surface area contributed by atoms with E-state index in [2.05, 4.69) is 13.8 Å². The second kappa shape index (κ2) is 3.04. The zero-order valence-electron chi connectivity index (χ0n) is 7.40. The molecule has 60 valence electrons. The second-order valence-electron chi connectivity index (χ2n) is 3.23. The molecule has 0 aromatic rings. The molecule has 0 aromatic carbocycles. The van der Waals surface area contributed by atoms with Crippen LogP contribution in [0.3, 0.4) is 0 Å². The van der Waals surface area contributed by atoms with Crippen molar-refractivity contribution in [1.82, 2.24) is 0 Å². The predicted molar refractivity (Wildman–Crippen MR) is 46.4 cm³/mol. The third kappa shape index (κ3) is 1.79. The van der Waals surface area contributed by atoms with E-state index in [1.807, 2.05) is 6.08 Å². The average molecular weight is 150 g/mol. The minimum Gasteiger partial charge on any atom is -0.295 e. The Morgan fingerprint density at radius 3 is 2.45 bits per heavy atom. The van der Waals surface area contributed by atoms with Crippen LogP contribution in [0.25, 0.3) is 0 Å². The van der Waals surface area contributed by atoms with Crippen LogP contribution in [0.4, 0.5) is 0 Å². The molecule has 1 rings (SSSR count). The monoisotopic (exact) mass is 150 g/mol. The van der Waals surface area contributed by atoms with Crippen LogP contribution in [0.1, 0.15) is 33.6 Å². The van der Waals surface area contributed by atoms with Gasteiger partial charge in [0.1, 0.15) is 0 Å². The van der Waals surface area contributed by atoms with E-state index in [1.54, 1.807) is 6.92 Å². The van der Waals surface area contributed by atoms with E-state index >= 15 is 0 Å². The van der Waals surface area contributed by atoms with E-state index in [0.29, 0.717) is 0 Å². The SMILES string of the molecule is CC(=O)C1=CCC(C)=C(C)C1. The molecule has 0 atom stereocenters. The van der Waals surface area contributed by atoms with Gasteiger partial charge in [0, 0.05) is 0 Å². The van der Waals surface area contributed by atoms with Crippen LogP contribution in [-0.4, -0.2) is 5.78 Å². The summed E-state index contributed by atoms with van der Waals surface area (Å²) in [5.74, 6) is 0.219. The topological polar surface area (TPSA) is 17.1 Å². The lowest BCUT2D eigenvalue weighted by atomic mass is 9.92. The lowest BCUT2D eigenvalue weighted by Gasteiger charge is -2.13. The van der Waals surface area contributed by atoms with Gasteiger partial charge in [0.05, 0.1) is 0 Å². The Balaban J connectivity index is 2.75. The highest BCUT2D eigenvalue weighted by molar-refractivity contribution is 5.93. The molecule has 0 aliphatic heterocycles. The molecule has 1 nitrogen and oxygen atoms in total. The zero-order chi connectivity index (χ0) is 8.43. The van der Waals surface area contributed by atoms with E-state index in [4.69, 9.17) is 0 Å². The molecule has 0 amide bonds. The Labute approximate surface area is 67.8 Å². The maximum atomic E-state index is 11.0. The van der Waals surface area contributed by atoms with Crippen molar-refractivity contribution in [3.05, 3.63) is 22.8 Å². The summed E-state index contributed by atoms with van der Waals surface area (Å²) in [7, 11) is 0. The van der Waals surface area contributed by atoms with Crippen molar-refractivity contribution < 1.29 is 4.79 Å². The van der Waals surface area contributed by atoms with Crippen molar-refractivity contribution in [1.29, 1.82) is 0 Å². The molecule has 0 spiro atoms. The van der Waals surface area contributed by atoms with Crippen molar-refractivity contribution in [2.45, 2.75) is 33.6 Å². The Morgan fingerprint density at radius 1 is 1.36 bits per heavy atom. The second-order valence-corrected chi connectivity index (χ2v) is 3.23. The summed E-state index contributed by atoms with van der Waals surface area (Å²) in [6.07, 6.45) is 3.87. The smallest absolute Gasteiger partial charge is 0.155 e. The summed E-state index contributed by atoms with van der Waals surface area (Å²) in [6, 6.07) is 0. The van der Waals surface area contributed by atoms with Gasteiger partial charge in [0.25, 0.3) is 0 Å². The summed E-state index contributed by atoms with van der Waals surface area (Å²) in [5, 5.41) is 0. The van der Waals surface area contributed by atoms with Crippen LogP contribution in [-0.2, 0) is 4.79 Å². The van der Waals surface area contributed by atoms with Crippen LogP contribution >= 0.6 is 0 Å². The van der Waals surface area contributed by atoms with Crippen LogP contribution in [0.15, 0.2) is 22.8 Å². The fourth-order valence-corrected chi connectivity index (χ4v) is 1.23. The van der Waals surface area contributed by atoms with Crippen LogP contribution in [0.2, 0.25) is 0 Å². The first kappa shape index (κ1) is 8.25. The van der Waals surface area contributed by atoms with Crippen LogP contribution in [0, 0.1) is 0 Å². The molecule has 0 bridgehead atoms. The van der Waals surface area contributed by atoms with Crippen LogP contribution in [0.5, 0.6) is 0 Å². The van der Waals surface area contributed by atoms with E-state index in [9.17, 15) is 4.79 Å². The van der Waals surface area contributed by atoms with E-state index in [0.717, 1.165) is 18.4 Å². The summed E-state index contributed by atoms with van der Waals surface area (Å²) in [5.41, 5.74) is 3.75. The summed E-state index contributed by atoms with van der Waals surface area (Å²) in [6.45, 7) is 5.87. The number of allylic oxidation sites excluding steroid dienone is 4. The number of carbonyl (C=O) groups excluding carboxylic acids is 1. The molecule has 0 unspecified atom stereocenters. The van der Waals surface area contributed by atoms with Gasteiger partial charge in [-0.2, -0.15) is 0 Å². The number of rotatable bonds is 1. The van der Waals surface area contributed by atoms with Crippen molar-refractivity contribution in [2.24, 2.45) is 0 Å². The summed E-state index contributed by atoms with van der Waals surface area (Å²) < 4.78 is 0. The van der Waals surface area contributed by atoms with Crippen LogP contribution < -0.4 is 0 Å². The van der Waals surface area contributed by atoms with Gasteiger partial charge in [0.2, 0.25) is 0 Å². The van der Waals surface area contributed by atoms with Gasteiger partial charge in [-0.05, 0) is 39.2 Å². The molecule has 0 N–H and O–H groups in total. The predicted octanol–water partition coefficient (Wildman–Crippen LogP) is 2.63. The van der Waals surface area contributed by atoms with Gasteiger partial charge in [-0.15, -0.1) is 0 Å². The molecule has 1 heteroatoms. The molecular formula is C10H14O. The zero-order valence-corrected chi connectivity index (χ0v) is 7.40. The van der Waals surface area contributed by atoms with E-state index in [1.165, 1.54) is 11.1 Å². The highest BCUT2D eigenvalue weighted by Crippen LogP contribution is 2.23. The fourth-order valence-electron chi connectivity index (χ4n) is 1.23. The minimum atomic E-state index is 0.219. The molecule has 1 aliphatic carbocycles. The van der Waals surface area contributed by atoms with E-state index < -0.39 is 0 Å². The Bertz CT molecular complexity index is 244. The first-order valence-corrected chi connectivity index (χ1v) is 3.96. The molecule has 0 saturated heterocycles. The molecule has 0 aromatic heterocycles. The molecule has 1 aliphatic rings. The molecule has 11 heavy (non-hydrogen) atoms. The molecule has 0 fully saturated rings. The first-order valence-electron chi connectivity index (χ1n) is 3.96. The standard InChI is InChI=1S/C10H14O/c1-7-4-5-10(9(3)11)6-8(7)2/h5H,4,6H2,1-3H3. The lowest BCUT2D eigenvalue weighted by Crippen LogP contribution is -2.02. The highest BCUT2D eigenvalue weighted by atomic mass is 16.1. The third-order valence-electron chi connectivity index (χ3n) is 2.29. The van der Waals surface area contributed by atoms with Gasteiger partial charge in [-0.25, -0.2) is 0 Å². The maximum absolute atomic E-state index is 11.0. The average Bonchev–Trinajstić information content (AvgIpc) is 1.94. The fraction of sp³-hybridized carbons (Fsp3) is 0.500. The number of hydrogen-bond acceptors (Lipinski definition) is 1. The molecule has 0 radical (unpaired) electrons. The Kier molecular flexibility index (Phi) is 2.28.